The second-order valence-corrected chi connectivity index (χ2v) is 7.86. The van der Waals surface area contributed by atoms with E-state index in [0.717, 1.165) is 38.5 Å². The highest BCUT2D eigenvalue weighted by molar-refractivity contribution is 5.93. The number of carboxylic acids is 1. The van der Waals surface area contributed by atoms with Gasteiger partial charge in [0.2, 0.25) is 5.43 Å². The average molecular weight is 436 g/mol. The number of aromatic carboxylic acids is 1. The monoisotopic (exact) mass is 436 g/mol. The van der Waals surface area contributed by atoms with Crippen LogP contribution in [0.4, 0.5) is 14.5 Å². The number of hydrogen-bond acceptors (Lipinski definition) is 6. The molecule has 1 aromatic carbocycles. The lowest BCUT2D eigenvalue weighted by Crippen LogP contribution is -2.49. The van der Waals surface area contributed by atoms with Crippen LogP contribution in [0, 0.1) is 11.6 Å². The summed E-state index contributed by atoms with van der Waals surface area (Å²) < 4.78 is 37.1. The van der Waals surface area contributed by atoms with Crippen molar-refractivity contribution in [2.24, 2.45) is 0 Å². The lowest BCUT2D eigenvalue weighted by molar-refractivity contribution is 0.0694. The van der Waals surface area contributed by atoms with Gasteiger partial charge in [-0.05, 0) is 13.0 Å². The molecule has 2 fully saturated rings. The number of piperazine rings is 1. The second kappa shape index (κ2) is 8.89. The number of anilines is 1. The van der Waals surface area contributed by atoms with Crippen LogP contribution in [0.5, 0.6) is 0 Å². The van der Waals surface area contributed by atoms with Crippen molar-refractivity contribution in [1.29, 1.82) is 0 Å². The molecule has 4 rings (SSSR count). The molecule has 0 radical (unpaired) electrons. The molecule has 2 aromatic rings. The number of carboxylic acid groups (broad SMARTS) is 1. The molecule has 2 aliphatic heterocycles. The summed E-state index contributed by atoms with van der Waals surface area (Å²) in [7, 11) is 0. The predicted octanol–water partition coefficient (Wildman–Crippen LogP) is 1.41. The zero-order valence-electron chi connectivity index (χ0n) is 17.4. The normalized spacial score (nSPS) is 18.2. The largest absolute Gasteiger partial charge is 0.477 e. The van der Waals surface area contributed by atoms with Crippen molar-refractivity contribution in [3.05, 3.63) is 39.7 Å². The summed E-state index contributed by atoms with van der Waals surface area (Å²) >= 11 is 0. The molecule has 31 heavy (non-hydrogen) atoms. The number of aryl methyl sites for hydroxylation is 1. The molecular weight excluding hydrogens is 410 g/mol. The molecule has 168 valence electrons. The topological polar surface area (TPSA) is 78.2 Å². The van der Waals surface area contributed by atoms with E-state index in [1.807, 2.05) is 0 Å². The molecule has 1 aromatic heterocycles. The van der Waals surface area contributed by atoms with Crippen LogP contribution in [-0.2, 0) is 11.3 Å². The predicted molar refractivity (Wildman–Crippen MR) is 112 cm³/mol. The standard InChI is InChI=1S/C21H26F2N4O4/c1-2-26-12-15(21(29)30)20(28)14-11-16(22)19(17(23)18(14)26)27-7-5-24(6-8-27)3-4-25-9-10-31-13-25/h11-12H,2-10,13H2,1H3,(H,29,30). The van der Waals surface area contributed by atoms with E-state index in [9.17, 15) is 19.1 Å². The van der Waals surface area contributed by atoms with Gasteiger partial charge in [0, 0.05) is 58.6 Å². The van der Waals surface area contributed by atoms with Crippen molar-refractivity contribution in [2.75, 3.05) is 64.1 Å². The highest BCUT2D eigenvalue weighted by atomic mass is 19.1. The molecule has 2 aliphatic rings. The van der Waals surface area contributed by atoms with Crippen molar-refractivity contribution in [2.45, 2.75) is 13.5 Å². The fourth-order valence-electron chi connectivity index (χ4n) is 4.27. The van der Waals surface area contributed by atoms with Crippen LogP contribution >= 0.6 is 0 Å². The third-order valence-electron chi connectivity index (χ3n) is 6.05. The van der Waals surface area contributed by atoms with Crippen LogP contribution in [0.25, 0.3) is 10.9 Å². The first-order valence-corrected chi connectivity index (χ1v) is 10.5. The van der Waals surface area contributed by atoms with Gasteiger partial charge in [0.1, 0.15) is 17.1 Å². The van der Waals surface area contributed by atoms with E-state index >= 15 is 4.39 Å². The maximum absolute atomic E-state index is 15.5. The van der Waals surface area contributed by atoms with Crippen molar-refractivity contribution in [3.8, 4) is 0 Å². The maximum atomic E-state index is 15.5. The minimum atomic E-state index is -1.42. The molecule has 0 aliphatic carbocycles. The zero-order valence-corrected chi connectivity index (χ0v) is 17.4. The first-order valence-electron chi connectivity index (χ1n) is 10.5. The minimum Gasteiger partial charge on any atom is -0.477 e. The van der Waals surface area contributed by atoms with Gasteiger partial charge < -0.3 is 19.3 Å². The van der Waals surface area contributed by atoms with E-state index in [0.29, 0.717) is 32.9 Å². The van der Waals surface area contributed by atoms with Gasteiger partial charge in [-0.1, -0.05) is 0 Å². The van der Waals surface area contributed by atoms with Crippen LogP contribution in [0.2, 0.25) is 0 Å². The first-order chi connectivity index (χ1) is 14.9. The number of rotatable bonds is 6. The van der Waals surface area contributed by atoms with Gasteiger partial charge >= 0.3 is 5.97 Å². The minimum absolute atomic E-state index is 0.0645. The maximum Gasteiger partial charge on any atom is 0.341 e. The molecule has 2 saturated heterocycles. The number of halogens is 2. The summed E-state index contributed by atoms with van der Waals surface area (Å²) in [6.07, 6.45) is 1.12. The fraction of sp³-hybridized carbons (Fsp3) is 0.524. The summed E-state index contributed by atoms with van der Waals surface area (Å²) in [4.78, 5) is 30.0. The number of benzene rings is 1. The van der Waals surface area contributed by atoms with Gasteiger partial charge in [-0.15, -0.1) is 0 Å². The second-order valence-electron chi connectivity index (χ2n) is 7.86. The molecular formula is C21H26F2N4O4. The van der Waals surface area contributed by atoms with Crippen LogP contribution in [0.15, 0.2) is 17.1 Å². The number of ether oxygens (including phenoxy) is 1. The van der Waals surface area contributed by atoms with Gasteiger partial charge in [-0.2, -0.15) is 0 Å². The number of fused-ring (bicyclic) bond motifs is 1. The Bertz CT molecular complexity index is 1040. The van der Waals surface area contributed by atoms with E-state index in [4.69, 9.17) is 4.74 Å². The van der Waals surface area contributed by atoms with Crippen molar-refractivity contribution in [1.82, 2.24) is 14.4 Å². The van der Waals surface area contributed by atoms with Gasteiger partial charge in [0.05, 0.1) is 24.2 Å². The van der Waals surface area contributed by atoms with Gasteiger partial charge in [-0.3, -0.25) is 14.6 Å². The Labute approximate surface area is 178 Å². The summed E-state index contributed by atoms with van der Waals surface area (Å²) in [6.45, 7) is 8.31. The van der Waals surface area contributed by atoms with Crippen LogP contribution in [-0.4, -0.2) is 84.6 Å². The molecule has 0 bridgehead atoms. The molecule has 1 N–H and O–H groups in total. The lowest BCUT2D eigenvalue weighted by Gasteiger charge is -2.37. The Morgan fingerprint density at radius 3 is 2.45 bits per heavy atom. The van der Waals surface area contributed by atoms with Crippen molar-refractivity contribution in [3.63, 3.8) is 0 Å². The van der Waals surface area contributed by atoms with E-state index in [1.165, 1.54) is 4.57 Å². The molecule has 0 unspecified atom stereocenters. The van der Waals surface area contributed by atoms with Gasteiger partial charge in [-0.25, -0.2) is 13.6 Å². The summed E-state index contributed by atoms with van der Waals surface area (Å²) in [5, 5.41) is 9.00. The van der Waals surface area contributed by atoms with Gasteiger partial charge in [0.15, 0.2) is 5.82 Å². The van der Waals surface area contributed by atoms with Crippen molar-refractivity contribution >= 4 is 22.6 Å². The van der Waals surface area contributed by atoms with E-state index in [1.54, 1.807) is 11.8 Å². The summed E-state index contributed by atoms with van der Waals surface area (Å²) in [5.74, 6) is -3.10. The summed E-state index contributed by atoms with van der Waals surface area (Å²) in [5.41, 5.74) is -1.61. The fourth-order valence-corrected chi connectivity index (χ4v) is 4.27. The number of aromatic nitrogens is 1. The smallest absolute Gasteiger partial charge is 0.341 e. The third-order valence-corrected chi connectivity index (χ3v) is 6.05. The number of hydrogen-bond donors (Lipinski definition) is 1. The van der Waals surface area contributed by atoms with Crippen LogP contribution < -0.4 is 10.3 Å². The molecule has 3 heterocycles. The quantitative estimate of drug-likeness (QED) is 0.734. The van der Waals surface area contributed by atoms with Crippen LogP contribution in [0.1, 0.15) is 17.3 Å². The Hall–Kier alpha value is -2.56. The number of carbonyl (C=O) groups is 1. The van der Waals surface area contributed by atoms with E-state index in [2.05, 4.69) is 9.80 Å². The average Bonchev–Trinajstić information content (AvgIpc) is 3.27. The molecule has 0 saturated carbocycles. The van der Waals surface area contributed by atoms with Gasteiger partial charge in [0.25, 0.3) is 0 Å². The van der Waals surface area contributed by atoms with E-state index < -0.39 is 28.6 Å². The van der Waals surface area contributed by atoms with E-state index in [-0.39, 0.29) is 23.1 Å². The molecule has 0 spiro atoms. The SMILES string of the molecule is CCn1cc(C(=O)O)c(=O)c2cc(F)c(N3CCN(CCN4CCOC4)CC3)c(F)c21. The Kier molecular flexibility index (Phi) is 6.22. The number of pyridine rings is 1. The Morgan fingerprint density at radius 2 is 1.84 bits per heavy atom. The molecule has 10 heteroatoms. The summed E-state index contributed by atoms with van der Waals surface area (Å²) in [6, 6.07) is 0.967. The number of nitrogens with zero attached hydrogens (tertiary/aromatic N) is 4. The highest BCUT2D eigenvalue weighted by Crippen LogP contribution is 2.30. The lowest BCUT2D eigenvalue weighted by atomic mass is 10.1. The van der Waals surface area contributed by atoms with Crippen molar-refractivity contribution < 1.29 is 23.4 Å². The zero-order chi connectivity index (χ0) is 22.1. The Morgan fingerprint density at radius 1 is 1.13 bits per heavy atom. The van der Waals surface area contributed by atoms with Crippen LogP contribution in [0.3, 0.4) is 0 Å². The Balaban J connectivity index is 1.59. The highest BCUT2D eigenvalue weighted by Gasteiger charge is 2.27. The third kappa shape index (κ3) is 4.15. The first kappa shape index (κ1) is 21.7. The molecule has 8 nitrogen and oxygen atoms in total. The molecule has 0 amide bonds. The molecule has 0 atom stereocenters.